The summed E-state index contributed by atoms with van der Waals surface area (Å²) in [5.41, 5.74) is 11.7. The van der Waals surface area contributed by atoms with Crippen molar-refractivity contribution in [3.05, 3.63) is 53.1 Å². The lowest BCUT2D eigenvalue weighted by Gasteiger charge is -2.11. The van der Waals surface area contributed by atoms with Crippen LogP contribution in [0.3, 0.4) is 0 Å². The molecule has 0 aliphatic carbocycles. The van der Waals surface area contributed by atoms with Crippen LogP contribution in [0.5, 0.6) is 0 Å². The number of hydrogen-bond acceptors (Lipinski definition) is 3. The minimum atomic E-state index is -0.693. The number of nitrogen functional groups attached to an aromatic ring is 1. The molecule has 2 rings (SSSR count). The number of hydrogen-bond donors (Lipinski definition) is 3. The second-order valence-electron chi connectivity index (χ2n) is 4.37. The van der Waals surface area contributed by atoms with Gasteiger partial charge in [-0.05, 0) is 36.8 Å². The van der Waals surface area contributed by atoms with Gasteiger partial charge in [0.15, 0.2) is 0 Å². The van der Waals surface area contributed by atoms with Crippen LogP contribution in [-0.2, 0) is 0 Å². The standard InChI is InChI=1S/C14H13F2N3O/c1-7-4-11(16)13(6-10(7)15)19-8-2-3-12(17)9(5-8)14(18)20/h2-6,19H,17H2,1H3,(H2,18,20). The van der Waals surface area contributed by atoms with Gasteiger partial charge in [0.25, 0.3) is 5.91 Å². The summed E-state index contributed by atoms with van der Waals surface area (Å²) in [6, 6.07) is 6.52. The Bertz CT molecular complexity index is 686. The van der Waals surface area contributed by atoms with E-state index in [1.165, 1.54) is 19.1 Å². The molecule has 0 saturated heterocycles. The van der Waals surface area contributed by atoms with Crippen molar-refractivity contribution in [2.24, 2.45) is 5.73 Å². The first kappa shape index (κ1) is 13.8. The van der Waals surface area contributed by atoms with E-state index in [0.717, 1.165) is 12.1 Å². The molecule has 1 amide bonds. The minimum Gasteiger partial charge on any atom is -0.398 e. The van der Waals surface area contributed by atoms with Gasteiger partial charge in [-0.1, -0.05) is 0 Å². The molecule has 0 heterocycles. The van der Waals surface area contributed by atoms with E-state index in [1.54, 1.807) is 6.07 Å². The van der Waals surface area contributed by atoms with Gasteiger partial charge < -0.3 is 16.8 Å². The van der Waals surface area contributed by atoms with Crippen LogP contribution in [0.2, 0.25) is 0 Å². The van der Waals surface area contributed by atoms with Gasteiger partial charge in [0, 0.05) is 17.4 Å². The van der Waals surface area contributed by atoms with Crippen LogP contribution in [0.1, 0.15) is 15.9 Å². The van der Waals surface area contributed by atoms with E-state index in [2.05, 4.69) is 5.32 Å². The van der Waals surface area contributed by atoms with Crippen molar-refractivity contribution in [3.63, 3.8) is 0 Å². The lowest BCUT2D eigenvalue weighted by atomic mass is 10.1. The molecular weight excluding hydrogens is 264 g/mol. The molecule has 0 aliphatic rings. The summed E-state index contributed by atoms with van der Waals surface area (Å²) in [5, 5.41) is 2.68. The van der Waals surface area contributed by atoms with Gasteiger partial charge in [-0.2, -0.15) is 0 Å². The minimum absolute atomic E-state index is 0.0340. The lowest BCUT2D eigenvalue weighted by Crippen LogP contribution is -2.13. The average Bonchev–Trinajstić information content (AvgIpc) is 2.37. The second-order valence-corrected chi connectivity index (χ2v) is 4.37. The van der Waals surface area contributed by atoms with Gasteiger partial charge in [0.2, 0.25) is 0 Å². The Labute approximate surface area is 114 Å². The Hall–Kier alpha value is -2.63. The molecule has 5 N–H and O–H groups in total. The van der Waals surface area contributed by atoms with E-state index in [9.17, 15) is 13.6 Å². The number of anilines is 3. The first-order valence-corrected chi connectivity index (χ1v) is 5.80. The Morgan fingerprint density at radius 1 is 1.15 bits per heavy atom. The highest BCUT2D eigenvalue weighted by Crippen LogP contribution is 2.25. The van der Waals surface area contributed by atoms with Crippen molar-refractivity contribution in [1.82, 2.24) is 0 Å². The second kappa shape index (κ2) is 5.16. The van der Waals surface area contributed by atoms with Crippen molar-refractivity contribution in [2.75, 3.05) is 11.1 Å². The number of halogens is 2. The van der Waals surface area contributed by atoms with Crippen LogP contribution in [0.25, 0.3) is 0 Å². The maximum Gasteiger partial charge on any atom is 0.250 e. The molecule has 0 unspecified atom stereocenters. The number of rotatable bonds is 3. The fraction of sp³-hybridized carbons (Fsp3) is 0.0714. The predicted molar refractivity (Wildman–Crippen MR) is 73.8 cm³/mol. The van der Waals surface area contributed by atoms with Gasteiger partial charge in [0.05, 0.1) is 11.3 Å². The van der Waals surface area contributed by atoms with E-state index in [4.69, 9.17) is 11.5 Å². The molecule has 0 saturated carbocycles. The van der Waals surface area contributed by atoms with Crippen LogP contribution in [-0.4, -0.2) is 5.91 Å². The highest BCUT2D eigenvalue weighted by Gasteiger charge is 2.10. The van der Waals surface area contributed by atoms with Crippen LogP contribution >= 0.6 is 0 Å². The molecule has 0 atom stereocenters. The third-order valence-corrected chi connectivity index (χ3v) is 2.85. The Kier molecular flexibility index (Phi) is 3.56. The number of aryl methyl sites for hydroxylation is 1. The predicted octanol–water partition coefficient (Wildman–Crippen LogP) is 2.70. The summed E-state index contributed by atoms with van der Waals surface area (Å²) in [6.07, 6.45) is 0. The monoisotopic (exact) mass is 277 g/mol. The maximum atomic E-state index is 13.7. The molecule has 2 aromatic rings. The summed E-state index contributed by atoms with van der Waals surface area (Å²) < 4.78 is 27.1. The molecule has 104 valence electrons. The molecule has 2 aromatic carbocycles. The summed E-state index contributed by atoms with van der Waals surface area (Å²) in [5.74, 6) is -1.82. The fourth-order valence-corrected chi connectivity index (χ4v) is 1.75. The number of nitrogens with one attached hydrogen (secondary N) is 1. The first-order chi connectivity index (χ1) is 9.38. The third-order valence-electron chi connectivity index (χ3n) is 2.85. The van der Waals surface area contributed by atoms with Gasteiger partial charge >= 0.3 is 0 Å². The molecule has 0 radical (unpaired) electrons. The Morgan fingerprint density at radius 3 is 2.50 bits per heavy atom. The summed E-state index contributed by atoms with van der Waals surface area (Å²) >= 11 is 0. The van der Waals surface area contributed by atoms with E-state index in [0.29, 0.717) is 5.69 Å². The number of primary amides is 1. The van der Waals surface area contributed by atoms with Crippen LogP contribution in [0.4, 0.5) is 25.8 Å². The van der Waals surface area contributed by atoms with Crippen molar-refractivity contribution in [3.8, 4) is 0 Å². The molecule has 4 nitrogen and oxygen atoms in total. The van der Waals surface area contributed by atoms with E-state index >= 15 is 0 Å². The highest BCUT2D eigenvalue weighted by atomic mass is 19.1. The van der Waals surface area contributed by atoms with E-state index in [-0.39, 0.29) is 22.5 Å². The smallest absolute Gasteiger partial charge is 0.250 e. The SMILES string of the molecule is Cc1cc(F)c(Nc2ccc(N)c(C(N)=O)c2)cc1F. The van der Waals surface area contributed by atoms with Gasteiger partial charge in [-0.25, -0.2) is 8.78 Å². The molecule has 0 aliphatic heterocycles. The maximum absolute atomic E-state index is 13.7. The van der Waals surface area contributed by atoms with E-state index in [1.807, 2.05) is 0 Å². The zero-order valence-corrected chi connectivity index (χ0v) is 10.7. The number of benzene rings is 2. The van der Waals surface area contributed by atoms with Gasteiger partial charge in [-0.15, -0.1) is 0 Å². The first-order valence-electron chi connectivity index (χ1n) is 5.80. The number of carbonyl (C=O) groups excluding carboxylic acids is 1. The lowest BCUT2D eigenvalue weighted by molar-refractivity contribution is 0.100. The number of nitrogens with two attached hydrogens (primary N) is 2. The Balaban J connectivity index is 2.38. The Morgan fingerprint density at radius 2 is 1.85 bits per heavy atom. The number of carbonyl (C=O) groups is 1. The van der Waals surface area contributed by atoms with Crippen molar-refractivity contribution in [2.45, 2.75) is 6.92 Å². The molecule has 20 heavy (non-hydrogen) atoms. The fourth-order valence-electron chi connectivity index (χ4n) is 1.75. The quantitative estimate of drug-likeness (QED) is 0.754. The molecule has 6 heteroatoms. The van der Waals surface area contributed by atoms with Crippen molar-refractivity contribution in [1.29, 1.82) is 0 Å². The number of amides is 1. The largest absolute Gasteiger partial charge is 0.398 e. The highest BCUT2D eigenvalue weighted by molar-refractivity contribution is 5.99. The summed E-state index contributed by atoms with van der Waals surface area (Å²) in [6.45, 7) is 1.47. The van der Waals surface area contributed by atoms with E-state index < -0.39 is 17.5 Å². The van der Waals surface area contributed by atoms with Crippen LogP contribution < -0.4 is 16.8 Å². The van der Waals surface area contributed by atoms with Crippen molar-refractivity contribution >= 4 is 23.0 Å². The molecular formula is C14H13F2N3O. The van der Waals surface area contributed by atoms with Crippen molar-refractivity contribution < 1.29 is 13.6 Å². The van der Waals surface area contributed by atoms with Gasteiger partial charge in [0.1, 0.15) is 11.6 Å². The van der Waals surface area contributed by atoms with Crippen LogP contribution in [0.15, 0.2) is 30.3 Å². The average molecular weight is 277 g/mol. The zero-order valence-electron chi connectivity index (χ0n) is 10.7. The molecule has 0 spiro atoms. The third kappa shape index (κ3) is 2.69. The summed E-state index contributed by atoms with van der Waals surface area (Å²) in [4.78, 5) is 11.2. The molecule has 0 bridgehead atoms. The molecule has 0 aromatic heterocycles. The summed E-state index contributed by atoms with van der Waals surface area (Å²) in [7, 11) is 0. The molecule has 0 fully saturated rings. The zero-order chi connectivity index (χ0) is 14.9. The van der Waals surface area contributed by atoms with Crippen LogP contribution in [0, 0.1) is 18.6 Å². The topological polar surface area (TPSA) is 81.1 Å². The normalized spacial score (nSPS) is 10.3. The van der Waals surface area contributed by atoms with Gasteiger partial charge in [-0.3, -0.25) is 4.79 Å².